The molecule has 1 rings (SSSR count). The summed E-state index contributed by atoms with van der Waals surface area (Å²) in [5, 5.41) is 0. The van der Waals surface area contributed by atoms with Gasteiger partial charge in [-0.1, -0.05) is 24.3 Å². The van der Waals surface area contributed by atoms with E-state index in [-0.39, 0.29) is 11.4 Å². The molecule has 0 unspecified atom stereocenters. The molecule has 0 saturated carbocycles. The van der Waals surface area contributed by atoms with Gasteiger partial charge in [-0.25, -0.2) is 9.59 Å². The predicted octanol–water partition coefficient (Wildman–Crippen LogP) is 1.08. The van der Waals surface area contributed by atoms with Gasteiger partial charge in [0.15, 0.2) is 0 Å². The number of aliphatic imine (C=N–C) groups is 1. The van der Waals surface area contributed by atoms with Gasteiger partial charge in [0.2, 0.25) is 0 Å². The average molecular weight is 289 g/mol. The molecule has 0 aliphatic carbocycles. The summed E-state index contributed by atoms with van der Waals surface area (Å²) in [5.41, 5.74) is 11.8. The summed E-state index contributed by atoms with van der Waals surface area (Å²) in [6, 6.07) is 6.15. The number of benzene rings is 1. The van der Waals surface area contributed by atoms with Crippen molar-refractivity contribution < 1.29 is 27.5 Å². The Morgan fingerprint density at radius 1 is 1.20 bits per heavy atom. The molecule has 0 bridgehead atoms. The van der Waals surface area contributed by atoms with E-state index >= 15 is 0 Å². The smallest absolute Gasteiger partial charge is 0.383 e. The maximum atomic E-state index is 11.8. The van der Waals surface area contributed by atoms with Crippen LogP contribution in [0.5, 0.6) is 0 Å². The molecule has 0 radical (unpaired) electrons. The van der Waals surface area contributed by atoms with Crippen molar-refractivity contribution in [2.24, 2.45) is 16.5 Å². The van der Waals surface area contributed by atoms with E-state index in [2.05, 4.69) is 9.73 Å². The fourth-order valence-electron chi connectivity index (χ4n) is 1.13. The third-order valence-electron chi connectivity index (χ3n) is 2.11. The zero-order chi connectivity index (χ0) is 15.3. The van der Waals surface area contributed by atoms with Crippen molar-refractivity contribution in [3.63, 3.8) is 0 Å². The van der Waals surface area contributed by atoms with Gasteiger partial charge in [0.05, 0.1) is 0 Å². The van der Waals surface area contributed by atoms with Crippen molar-refractivity contribution in [3.05, 3.63) is 35.4 Å². The first-order valence-corrected chi connectivity index (χ1v) is 5.20. The number of amides is 1. The molecule has 108 valence electrons. The Kier molecular flexibility index (Phi) is 4.81. The van der Waals surface area contributed by atoms with Crippen LogP contribution in [0.4, 0.5) is 18.0 Å². The van der Waals surface area contributed by atoms with Crippen molar-refractivity contribution in [1.82, 2.24) is 0 Å². The molecule has 0 heterocycles. The van der Waals surface area contributed by atoms with Crippen LogP contribution >= 0.6 is 0 Å². The highest BCUT2D eigenvalue weighted by atomic mass is 19.4. The molecule has 0 aliphatic rings. The molecule has 1 aromatic rings. The third kappa shape index (κ3) is 4.35. The van der Waals surface area contributed by atoms with E-state index in [1.54, 1.807) is 12.1 Å². The van der Waals surface area contributed by atoms with Crippen LogP contribution in [0.25, 0.3) is 0 Å². The van der Waals surface area contributed by atoms with E-state index < -0.39 is 18.2 Å². The Bertz CT molecular complexity index is 538. The molecule has 0 aliphatic heterocycles. The van der Waals surface area contributed by atoms with Gasteiger partial charge < -0.3 is 16.2 Å². The Labute approximate surface area is 111 Å². The van der Waals surface area contributed by atoms with Gasteiger partial charge in [-0.2, -0.15) is 18.2 Å². The molecule has 6 nitrogen and oxygen atoms in total. The lowest BCUT2D eigenvalue weighted by molar-refractivity contribution is -0.192. The lowest BCUT2D eigenvalue weighted by atomic mass is 10.1. The average Bonchev–Trinajstić information content (AvgIpc) is 2.37. The second-order valence-electron chi connectivity index (χ2n) is 3.55. The van der Waals surface area contributed by atoms with Gasteiger partial charge in [0.25, 0.3) is 0 Å². The zero-order valence-electron chi connectivity index (χ0n) is 9.98. The third-order valence-corrected chi connectivity index (χ3v) is 2.11. The van der Waals surface area contributed by atoms with Gasteiger partial charge in [0.1, 0.15) is 5.84 Å². The van der Waals surface area contributed by atoms with E-state index in [9.17, 15) is 22.8 Å². The molecule has 1 aromatic carbocycles. The van der Waals surface area contributed by atoms with Crippen molar-refractivity contribution in [1.29, 1.82) is 0 Å². The summed E-state index contributed by atoms with van der Waals surface area (Å²) in [6.07, 6.45) is -7.02. The standard InChI is InChI=1S/C11H10F3N3O3/c12-11(13,14)9(18)20-10(19)17-8(16)7-3-1-6(5-15)2-4-7/h1-4H,5,15H2,(H2,16,17,19). The maximum Gasteiger partial charge on any atom is 0.491 e. The molecule has 1 amide bonds. The lowest BCUT2D eigenvalue weighted by Crippen LogP contribution is -2.28. The Hall–Kier alpha value is -2.42. The number of nitrogens with two attached hydrogens (primary N) is 2. The lowest BCUT2D eigenvalue weighted by Gasteiger charge is -2.04. The number of amidine groups is 1. The van der Waals surface area contributed by atoms with Crippen LogP contribution < -0.4 is 11.5 Å². The van der Waals surface area contributed by atoms with Crippen LogP contribution in [0, 0.1) is 0 Å². The van der Waals surface area contributed by atoms with Gasteiger partial charge in [-0.3, -0.25) is 0 Å². The Morgan fingerprint density at radius 3 is 2.20 bits per heavy atom. The predicted molar refractivity (Wildman–Crippen MR) is 62.6 cm³/mol. The number of hydrogen-bond donors (Lipinski definition) is 2. The summed E-state index contributed by atoms with van der Waals surface area (Å²) in [5.74, 6) is -3.04. The first-order valence-electron chi connectivity index (χ1n) is 5.20. The number of ether oxygens (including phenoxy) is 1. The normalized spacial score (nSPS) is 12.1. The SMILES string of the molecule is NCc1ccc(C(N)=NC(=O)OC(=O)C(F)(F)F)cc1. The minimum atomic E-state index is -5.28. The van der Waals surface area contributed by atoms with Gasteiger partial charge in [0, 0.05) is 12.1 Å². The number of halogens is 3. The summed E-state index contributed by atoms with van der Waals surface area (Å²) in [7, 11) is 0. The monoisotopic (exact) mass is 289 g/mol. The van der Waals surface area contributed by atoms with E-state index in [0.29, 0.717) is 6.54 Å². The van der Waals surface area contributed by atoms with Gasteiger partial charge in [-0.05, 0) is 5.56 Å². The molecule has 0 saturated heterocycles. The number of carbonyl (C=O) groups is 2. The molecule has 0 spiro atoms. The van der Waals surface area contributed by atoms with Crippen molar-refractivity contribution in [2.75, 3.05) is 0 Å². The number of nitrogens with zero attached hydrogens (tertiary/aromatic N) is 1. The molecular formula is C11H10F3N3O3. The quantitative estimate of drug-likeness (QED) is 0.366. The highest BCUT2D eigenvalue weighted by Gasteiger charge is 2.42. The number of alkyl halides is 3. The minimum Gasteiger partial charge on any atom is -0.383 e. The summed E-state index contributed by atoms with van der Waals surface area (Å²) in [6.45, 7) is 0.291. The molecular weight excluding hydrogens is 279 g/mol. The van der Waals surface area contributed by atoms with E-state index in [1.807, 2.05) is 0 Å². The van der Waals surface area contributed by atoms with E-state index in [1.165, 1.54) is 12.1 Å². The number of carbonyl (C=O) groups excluding carboxylic acids is 2. The molecule has 4 N–H and O–H groups in total. The minimum absolute atomic E-state index is 0.276. The summed E-state index contributed by atoms with van der Waals surface area (Å²) in [4.78, 5) is 24.4. The Balaban J connectivity index is 2.77. The van der Waals surface area contributed by atoms with Gasteiger partial charge >= 0.3 is 18.2 Å². The fraction of sp³-hybridized carbons (Fsp3) is 0.182. The molecule has 0 fully saturated rings. The van der Waals surface area contributed by atoms with Crippen LogP contribution in [0.3, 0.4) is 0 Å². The fourth-order valence-corrected chi connectivity index (χ4v) is 1.13. The highest BCUT2D eigenvalue weighted by Crippen LogP contribution is 2.16. The van der Waals surface area contributed by atoms with Crippen LogP contribution in [0.15, 0.2) is 29.3 Å². The highest BCUT2D eigenvalue weighted by molar-refractivity contribution is 6.04. The van der Waals surface area contributed by atoms with Crippen LogP contribution in [-0.2, 0) is 16.1 Å². The second-order valence-corrected chi connectivity index (χ2v) is 3.55. The van der Waals surface area contributed by atoms with Crippen molar-refractivity contribution in [2.45, 2.75) is 12.7 Å². The van der Waals surface area contributed by atoms with E-state index in [0.717, 1.165) is 5.56 Å². The number of rotatable bonds is 2. The van der Waals surface area contributed by atoms with Gasteiger partial charge in [-0.15, -0.1) is 0 Å². The number of hydrogen-bond acceptors (Lipinski definition) is 4. The number of esters is 1. The molecule has 9 heteroatoms. The Morgan fingerprint density at radius 2 is 1.75 bits per heavy atom. The molecule has 0 aromatic heterocycles. The molecule has 0 atom stereocenters. The summed E-state index contributed by atoms with van der Waals surface area (Å²) >= 11 is 0. The van der Waals surface area contributed by atoms with E-state index in [4.69, 9.17) is 11.5 Å². The van der Waals surface area contributed by atoms with Crippen LogP contribution in [0.1, 0.15) is 11.1 Å². The first-order chi connectivity index (χ1) is 9.24. The van der Waals surface area contributed by atoms with Crippen molar-refractivity contribution in [3.8, 4) is 0 Å². The molecule has 20 heavy (non-hydrogen) atoms. The summed E-state index contributed by atoms with van der Waals surface area (Å²) < 4.78 is 39.0. The second kappa shape index (κ2) is 6.15. The van der Waals surface area contributed by atoms with Crippen LogP contribution in [-0.4, -0.2) is 24.1 Å². The largest absolute Gasteiger partial charge is 0.491 e. The topological polar surface area (TPSA) is 108 Å². The zero-order valence-corrected chi connectivity index (χ0v) is 9.98. The van der Waals surface area contributed by atoms with Crippen molar-refractivity contribution >= 4 is 17.9 Å². The van der Waals surface area contributed by atoms with Crippen LogP contribution in [0.2, 0.25) is 0 Å². The maximum absolute atomic E-state index is 11.8. The first kappa shape index (κ1) is 15.6.